The number of anilines is 1. The summed E-state index contributed by atoms with van der Waals surface area (Å²) in [7, 11) is 0. The zero-order valence-electron chi connectivity index (χ0n) is 13.5. The Morgan fingerprint density at radius 1 is 1.04 bits per heavy atom. The fourth-order valence-electron chi connectivity index (χ4n) is 2.77. The Hall–Kier alpha value is -2.33. The highest BCUT2D eigenvalue weighted by molar-refractivity contribution is 6.31. The third-order valence-electron chi connectivity index (χ3n) is 4.19. The molecule has 1 fully saturated rings. The van der Waals surface area contributed by atoms with E-state index in [1.807, 2.05) is 17.9 Å². The molecule has 1 heterocycles. The van der Waals surface area contributed by atoms with Crippen LogP contribution in [0.5, 0.6) is 0 Å². The molecule has 1 saturated heterocycles. The van der Waals surface area contributed by atoms with Crippen LogP contribution in [0.1, 0.15) is 39.1 Å². The van der Waals surface area contributed by atoms with Gasteiger partial charge in [0.2, 0.25) is 0 Å². The van der Waals surface area contributed by atoms with Gasteiger partial charge in [-0.05, 0) is 55.7 Å². The molecule has 2 aromatic rings. The van der Waals surface area contributed by atoms with Crippen molar-refractivity contribution < 1.29 is 9.59 Å². The molecule has 0 atom stereocenters. The SMILES string of the molecule is Cc1ccc(NC(=O)c2cccc(C(=O)N3CCCC3)c2)cc1Cl. The minimum Gasteiger partial charge on any atom is -0.339 e. The molecular weight excluding hydrogens is 324 g/mol. The van der Waals surface area contributed by atoms with Crippen LogP contribution >= 0.6 is 11.6 Å². The number of amides is 2. The summed E-state index contributed by atoms with van der Waals surface area (Å²) in [5.74, 6) is -0.272. The third kappa shape index (κ3) is 3.60. The first-order chi connectivity index (χ1) is 11.5. The van der Waals surface area contributed by atoms with Crippen LogP contribution in [0.3, 0.4) is 0 Å². The standard InChI is InChI=1S/C19H19ClN2O2/c1-13-7-8-16(12-17(13)20)21-18(23)14-5-4-6-15(11-14)19(24)22-9-2-3-10-22/h4-8,11-12H,2-3,9-10H2,1H3,(H,21,23). The van der Waals surface area contributed by atoms with Gasteiger partial charge in [0.25, 0.3) is 11.8 Å². The van der Waals surface area contributed by atoms with Crippen molar-refractivity contribution in [2.75, 3.05) is 18.4 Å². The van der Waals surface area contributed by atoms with Crippen LogP contribution in [-0.2, 0) is 0 Å². The first-order valence-corrected chi connectivity index (χ1v) is 8.39. The Bertz CT molecular complexity index is 783. The summed E-state index contributed by atoms with van der Waals surface area (Å²) in [6.07, 6.45) is 2.08. The smallest absolute Gasteiger partial charge is 0.255 e. The van der Waals surface area contributed by atoms with Gasteiger partial charge in [-0.3, -0.25) is 9.59 Å². The zero-order chi connectivity index (χ0) is 17.1. The van der Waals surface area contributed by atoms with Gasteiger partial charge in [0.1, 0.15) is 0 Å². The van der Waals surface area contributed by atoms with Crippen molar-refractivity contribution >= 4 is 29.1 Å². The van der Waals surface area contributed by atoms with Gasteiger partial charge in [0.05, 0.1) is 0 Å². The lowest BCUT2D eigenvalue weighted by Crippen LogP contribution is -2.27. The maximum Gasteiger partial charge on any atom is 0.255 e. The largest absolute Gasteiger partial charge is 0.339 e. The second-order valence-electron chi connectivity index (χ2n) is 6.00. The van der Waals surface area contributed by atoms with Crippen molar-refractivity contribution in [2.24, 2.45) is 0 Å². The van der Waals surface area contributed by atoms with Gasteiger partial charge in [-0.15, -0.1) is 0 Å². The molecule has 1 aliphatic heterocycles. The van der Waals surface area contributed by atoms with E-state index < -0.39 is 0 Å². The van der Waals surface area contributed by atoms with Crippen molar-refractivity contribution in [3.05, 3.63) is 64.2 Å². The average Bonchev–Trinajstić information content (AvgIpc) is 3.12. The molecule has 1 N–H and O–H groups in total. The van der Waals surface area contributed by atoms with Crippen molar-refractivity contribution in [3.63, 3.8) is 0 Å². The average molecular weight is 343 g/mol. The van der Waals surface area contributed by atoms with E-state index in [1.54, 1.807) is 36.4 Å². The van der Waals surface area contributed by atoms with Crippen LogP contribution in [0.25, 0.3) is 0 Å². The van der Waals surface area contributed by atoms with Crippen molar-refractivity contribution in [1.29, 1.82) is 0 Å². The topological polar surface area (TPSA) is 49.4 Å². The van der Waals surface area contributed by atoms with Crippen LogP contribution < -0.4 is 5.32 Å². The van der Waals surface area contributed by atoms with Crippen molar-refractivity contribution in [1.82, 2.24) is 4.90 Å². The number of likely N-dealkylation sites (tertiary alicyclic amines) is 1. The summed E-state index contributed by atoms with van der Waals surface area (Å²) in [5, 5.41) is 3.42. The number of nitrogens with one attached hydrogen (secondary N) is 1. The maximum absolute atomic E-state index is 12.4. The number of carbonyl (C=O) groups is 2. The second kappa shape index (κ2) is 7.05. The van der Waals surface area contributed by atoms with Crippen LogP contribution in [0.4, 0.5) is 5.69 Å². The van der Waals surface area contributed by atoms with Gasteiger partial charge >= 0.3 is 0 Å². The van der Waals surface area contributed by atoms with E-state index in [-0.39, 0.29) is 11.8 Å². The molecule has 0 spiro atoms. The third-order valence-corrected chi connectivity index (χ3v) is 4.60. The van der Waals surface area contributed by atoms with E-state index in [9.17, 15) is 9.59 Å². The van der Waals surface area contributed by atoms with E-state index >= 15 is 0 Å². The fourth-order valence-corrected chi connectivity index (χ4v) is 2.95. The molecule has 2 amide bonds. The van der Waals surface area contributed by atoms with Gasteiger partial charge in [-0.1, -0.05) is 23.7 Å². The zero-order valence-corrected chi connectivity index (χ0v) is 14.3. The lowest BCUT2D eigenvalue weighted by atomic mass is 10.1. The molecule has 5 heteroatoms. The number of halogens is 1. The van der Waals surface area contributed by atoms with Crippen molar-refractivity contribution in [3.8, 4) is 0 Å². The molecule has 0 radical (unpaired) electrons. The number of carbonyl (C=O) groups excluding carboxylic acids is 2. The molecular formula is C19H19ClN2O2. The molecule has 24 heavy (non-hydrogen) atoms. The predicted octanol–water partition coefficient (Wildman–Crippen LogP) is 4.14. The van der Waals surface area contributed by atoms with Gasteiger partial charge in [0.15, 0.2) is 0 Å². The lowest BCUT2D eigenvalue weighted by molar-refractivity contribution is 0.0793. The molecule has 0 bridgehead atoms. The van der Waals surface area contributed by atoms with Gasteiger partial charge in [0, 0.05) is 34.9 Å². The lowest BCUT2D eigenvalue weighted by Gasteiger charge is -2.15. The van der Waals surface area contributed by atoms with Crippen LogP contribution in [-0.4, -0.2) is 29.8 Å². The molecule has 3 rings (SSSR count). The molecule has 2 aromatic carbocycles. The Balaban J connectivity index is 1.76. The summed E-state index contributed by atoms with van der Waals surface area (Å²) in [4.78, 5) is 26.7. The van der Waals surface area contributed by atoms with Crippen molar-refractivity contribution in [2.45, 2.75) is 19.8 Å². The van der Waals surface area contributed by atoms with E-state index in [0.717, 1.165) is 31.5 Å². The van der Waals surface area contributed by atoms with Gasteiger partial charge < -0.3 is 10.2 Å². The number of benzene rings is 2. The van der Waals surface area contributed by atoms with Crippen LogP contribution in [0, 0.1) is 6.92 Å². The number of nitrogens with zero attached hydrogens (tertiary/aromatic N) is 1. The van der Waals surface area contributed by atoms with E-state index in [1.165, 1.54) is 0 Å². The molecule has 0 aromatic heterocycles. The Kier molecular flexibility index (Phi) is 4.86. The Labute approximate surface area is 146 Å². The van der Waals surface area contributed by atoms with Gasteiger partial charge in [-0.2, -0.15) is 0 Å². The van der Waals surface area contributed by atoms with Crippen LogP contribution in [0.2, 0.25) is 5.02 Å². The molecule has 0 aliphatic carbocycles. The molecule has 4 nitrogen and oxygen atoms in total. The summed E-state index contributed by atoms with van der Waals surface area (Å²) in [5.41, 5.74) is 2.59. The van der Waals surface area contributed by atoms with E-state index in [2.05, 4.69) is 5.32 Å². The summed E-state index contributed by atoms with van der Waals surface area (Å²) < 4.78 is 0. The molecule has 1 aliphatic rings. The first kappa shape index (κ1) is 16.5. The quantitative estimate of drug-likeness (QED) is 0.911. The fraction of sp³-hybridized carbons (Fsp3) is 0.263. The maximum atomic E-state index is 12.4. The second-order valence-corrected chi connectivity index (χ2v) is 6.41. The number of aryl methyl sites for hydroxylation is 1. The normalized spacial score (nSPS) is 13.8. The first-order valence-electron chi connectivity index (χ1n) is 8.01. The predicted molar refractivity (Wildman–Crippen MR) is 95.7 cm³/mol. The van der Waals surface area contributed by atoms with E-state index in [0.29, 0.717) is 21.8 Å². The Morgan fingerprint density at radius 3 is 2.46 bits per heavy atom. The summed E-state index contributed by atoms with van der Waals surface area (Å²) in [6.45, 7) is 3.48. The summed E-state index contributed by atoms with van der Waals surface area (Å²) >= 11 is 6.08. The highest BCUT2D eigenvalue weighted by Crippen LogP contribution is 2.21. The Morgan fingerprint density at radius 2 is 1.75 bits per heavy atom. The minimum absolute atomic E-state index is 0.0134. The highest BCUT2D eigenvalue weighted by Gasteiger charge is 2.20. The summed E-state index contributed by atoms with van der Waals surface area (Å²) in [6, 6.07) is 12.2. The number of hydrogen-bond donors (Lipinski definition) is 1. The number of rotatable bonds is 3. The monoisotopic (exact) mass is 342 g/mol. The van der Waals surface area contributed by atoms with Gasteiger partial charge in [-0.25, -0.2) is 0 Å². The van der Waals surface area contributed by atoms with E-state index in [4.69, 9.17) is 11.6 Å². The molecule has 124 valence electrons. The highest BCUT2D eigenvalue weighted by atomic mass is 35.5. The number of hydrogen-bond acceptors (Lipinski definition) is 2. The minimum atomic E-state index is -0.258. The molecule has 0 saturated carbocycles. The van der Waals surface area contributed by atoms with Crippen LogP contribution in [0.15, 0.2) is 42.5 Å². The molecule has 0 unspecified atom stereocenters.